The van der Waals surface area contributed by atoms with Gasteiger partial charge in [-0.15, -0.1) is 0 Å². The van der Waals surface area contributed by atoms with Crippen LogP contribution in [-0.4, -0.2) is 37.5 Å². The average molecular weight is 374 g/mol. The highest BCUT2D eigenvalue weighted by Crippen LogP contribution is 2.27. The van der Waals surface area contributed by atoms with Gasteiger partial charge in [-0.2, -0.15) is 0 Å². The topological polar surface area (TPSA) is 67.9 Å². The lowest BCUT2D eigenvalue weighted by atomic mass is 10.2. The van der Waals surface area contributed by atoms with E-state index in [-0.39, 0.29) is 31.4 Å². The maximum atomic E-state index is 13.8. The zero-order valence-corrected chi connectivity index (χ0v) is 15.6. The lowest BCUT2D eigenvalue weighted by molar-refractivity contribution is -0.135. The Bertz CT molecular complexity index is 810. The molecule has 0 aliphatic carbocycles. The number of nitrogens with zero attached hydrogens (tertiary/aromatic N) is 1. The summed E-state index contributed by atoms with van der Waals surface area (Å²) in [4.78, 5) is 25.3. The molecule has 0 radical (unpaired) electrons. The Morgan fingerprint density at radius 3 is 2.41 bits per heavy atom. The first-order valence-electron chi connectivity index (χ1n) is 8.41. The summed E-state index contributed by atoms with van der Waals surface area (Å²) in [6.45, 7) is 1.50. The van der Waals surface area contributed by atoms with Crippen molar-refractivity contribution in [3.8, 4) is 11.5 Å². The molecule has 2 aromatic rings. The molecule has 0 aliphatic rings. The largest absolute Gasteiger partial charge is 0.493 e. The molecule has 7 heteroatoms. The first-order valence-corrected chi connectivity index (χ1v) is 8.41. The van der Waals surface area contributed by atoms with Crippen LogP contribution in [0.4, 0.5) is 4.39 Å². The normalized spacial score (nSPS) is 10.2. The molecule has 0 aromatic heterocycles. The number of benzene rings is 2. The van der Waals surface area contributed by atoms with Crippen LogP contribution in [-0.2, 0) is 22.7 Å². The van der Waals surface area contributed by atoms with E-state index in [2.05, 4.69) is 5.32 Å². The summed E-state index contributed by atoms with van der Waals surface area (Å²) < 4.78 is 24.2. The minimum atomic E-state index is -0.408. The standard InChI is InChI=1S/C20H23FN2O4/c1-14(24)23(12-16-6-4-5-7-17(16)21)13-20(25)22-11-15-8-9-18(26-2)19(10-15)27-3/h4-10H,11-13H2,1-3H3,(H,22,25). The highest BCUT2D eigenvalue weighted by Gasteiger charge is 2.16. The van der Waals surface area contributed by atoms with Gasteiger partial charge in [0.2, 0.25) is 11.8 Å². The van der Waals surface area contributed by atoms with E-state index >= 15 is 0 Å². The van der Waals surface area contributed by atoms with Crippen LogP contribution >= 0.6 is 0 Å². The predicted molar refractivity (Wildman–Crippen MR) is 98.9 cm³/mol. The highest BCUT2D eigenvalue weighted by atomic mass is 19.1. The molecule has 0 saturated carbocycles. The Morgan fingerprint density at radius 1 is 1.07 bits per heavy atom. The van der Waals surface area contributed by atoms with Crippen molar-refractivity contribution in [2.75, 3.05) is 20.8 Å². The van der Waals surface area contributed by atoms with Gasteiger partial charge in [-0.1, -0.05) is 24.3 Å². The van der Waals surface area contributed by atoms with Gasteiger partial charge in [0.1, 0.15) is 5.82 Å². The second-order valence-electron chi connectivity index (χ2n) is 5.93. The second kappa shape index (κ2) is 9.56. The highest BCUT2D eigenvalue weighted by molar-refractivity contribution is 5.83. The molecule has 2 rings (SSSR count). The first kappa shape index (κ1) is 20.2. The summed E-state index contributed by atoms with van der Waals surface area (Å²) in [5.74, 6) is 0.111. The van der Waals surface area contributed by atoms with Crippen molar-refractivity contribution in [3.63, 3.8) is 0 Å². The molecule has 2 aromatic carbocycles. The molecule has 1 N–H and O–H groups in total. The van der Waals surface area contributed by atoms with Crippen LogP contribution in [0.15, 0.2) is 42.5 Å². The van der Waals surface area contributed by atoms with E-state index in [1.165, 1.54) is 25.0 Å². The van der Waals surface area contributed by atoms with Gasteiger partial charge in [-0.3, -0.25) is 9.59 Å². The molecule has 0 bridgehead atoms. The van der Waals surface area contributed by atoms with Gasteiger partial charge >= 0.3 is 0 Å². The SMILES string of the molecule is COc1ccc(CNC(=O)CN(Cc2ccccc2F)C(C)=O)cc1OC. The van der Waals surface area contributed by atoms with Crippen LogP contribution in [0.1, 0.15) is 18.1 Å². The van der Waals surface area contributed by atoms with Gasteiger partial charge in [-0.05, 0) is 23.8 Å². The summed E-state index contributed by atoms with van der Waals surface area (Å²) in [5, 5.41) is 2.75. The van der Waals surface area contributed by atoms with Crippen LogP contribution < -0.4 is 14.8 Å². The number of hydrogen-bond acceptors (Lipinski definition) is 4. The fourth-order valence-electron chi connectivity index (χ4n) is 2.53. The van der Waals surface area contributed by atoms with Crippen LogP contribution in [0.25, 0.3) is 0 Å². The van der Waals surface area contributed by atoms with Crippen molar-refractivity contribution in [2.45, 2.75) is 20.0 Å². The van der Waals surface area contributed by atoms with Crippen molar-refractivity contribution >= 4 is 11.8 Å². The number of rotatable bonds is 8. The third kappa shape index (κ3) is 5.70. The van der Waals surface area contributed by atoms with Crippen LogP contribution in [0.5, 0.6) is 11.5 Å². The van der Waals surface area contributed by atoms with E-state index in [1.807, 2.05) is 6.07 Å². The molecule has 2 amide bonds. The molecule has 0 atom stereocenters. The maximum Gasteiger partial charge on any atom is 0.239 e. The van der Waals surface area contributed by atoms with E-state index in [0.29, 0.717) is 17.1 Å². The Hall–Kier alpha value is -3.09. The fourth-order valence-corrected chi connectivity index (χ4v) is 2.53. The third-order valence-electron chi connectivity index (χ3n) is 4.04. The molecule has 0 aliphatic heterocycles. The van der Waals surface area contributed by atoms with Crippen LogP contribution in [0.2, 0.25) is 0 Å². The number of nitrogens with one attached hydrogen (secondary N) is 1. The van der Waals surface area contributed by atoms with Crippen molar-refractivity contribution in [1.82, 2.24) is 10.2 Å². The zero-order chi connectivity index (χ0) is 19.8. The number of ether oxygens (including phenoxy) is 2. The fraction of sp³-hybridized carbons (Fsp3) is 0.300. The predicted octanol–water partition coefficient (Wildman–Crippen LogP) is 2.51. The molecule has 144 valence electrons. The molecule has 0 saturated heterocycles. The summed E-state index contributed by atoms with van der Waals surface area (Å²) in [6, 6.07) is 11.5. The van der Waals surface area contributed by atoms with E-state index < -0.39 is 5.82 Å². The third-order valence-corrected chi connectivity index (χ3v) is 4.04. The smallest absolute Gasteiger partial charge is 0.239 e. The van der Waals surface area contributed by atoms with Gasteiger partial charge in [0.25, 0.3) is 0 Å². The van der Waals surface area contributed by atoms with Gasteiger partial charge in [0.15, 0.2) is 11.5 Å². The van der Waals surface area contributed by atoms with E-state index in [4.69, 9.17) is 9.47 Å². The van der Waals surface area contributed by atoms with Crippen molar-refractivity contribution in [1.29, 1.82) is 0 Å². The molecule has 0 spiro atoms. The molecular formula is C20H23FN2O4. The van der Waals surface area contributed by atoms with Gasteiger partial charge in [-0.25, -0.2) is 4.39 Å². The van der Waals surface area contributed by atoms with E-state index in [9.17, 15) is 14.0 Å². The van der Waals surface area contributed by atoms with Crippen LogP contribution in [0, 0.1) is 5.82 Å². The summed E-state index contributed by atoms with van der Waals surface area (Å²) in [5.41, 5.74) is 1.19. The van der Waals surface area contributed by atoms with Crippen molar-refractivity contribution < 1.29 is 23.5 Å². The number of methoxy groups -OCH3 is 2. The average Bonchev–Trinajstić information content (AvgIpc) is 2.67. The number of carbonyl (C=O) groups is 2. The monoisotopic (exact) mass is 374 g/mol. The second-order valence-corrected chi connectivity index (χ2v) is 5.93. The van der Waals surface area contributed by atoms with Gasteiger partial charge < -0.3 is 19.7 Å². The van der Waals surface area contributed by atoms with Gasteiger partial charge in [0.05, 0.1) is 20.8 Å². The van der Waals surface area contributed by atoms with Crippen molar-refractivity contribution in [2.24, 2.45) is 0 Å². The molecule has 0 unspecified atom stereocenters. The quantitative estimate of drug-likeness (QED) is 0.771. The minimum absolute atomic E-state index is 0.0335. The number of halogens is 1. The molecule has 0 fully saturated rings. The Labute approximate surface area is 157 Å². The molecule has 6 nitrogen and oxygen atoms in total. The summed E-state index contributed by atoms with van der Waals surface area (Å²) in [7, 11) is 3.08. The number of amides is 2. The number of hydrogen-bond donors (Lipinski definition) is 1. The summed E-state index contributed by atoms with van der Waals surface area (Å²) in [6.07, 6.45) is 0. The Kier molecular flexibility index (Phi) is 7.16. The van der Waals surface area contributed by atoms with Crippen LogP contribution in [0.3, 0.4) is 0 Å². The summed E-state index contributed by atoms with van der Waals surface area (Å²) >= 11 is 0. The lowest BCUT2D eigenvalue weighted by Crippen LogP contribution is -2.39. The molecule has 0 heterocycles. The Balaban J connectivity index is 1.96. The lowest BCUT2D eigenvalue weighted by Gasteiger charge is -2.21. The minimum Gasteiger partial charge on any atom is -0.493 e. The van der Waals surface area contributed by atoms with Gasteiger partial charge in [0, 0.05) is 25.6 Å². The van der Waals surface area contributed by atoms with E-state index in [1.54, 1.807) is 37.4 Å². The zero-order valence-electron chi connectivity index (χ0n) is 15.6. The van der Waals surface area contributed by atoms with E-state index in [0.717, 1.165) is 5.56 Å². The molecule has 27 heavy (non-hydrogen) atoms. The molecular weight excluding hydrogens is 351 g/mol. The first-order chi connectivity index (χ1) is 12.9. The number of carbonyl (C=O) groups excluding carboxylic acids is 2. The van der Waals surface area contributed by atoms with Crippen molar-refractivity contribution in [3.05, 3.63) is 59.4 Å². The maximum absolute atomic E-state index is 13.8. The Morgan fingerprint density at radius 2 is 1.78 bits per heavy atom.